The third kappa shape index (κ3) is 2.43. The minimum absolute atomic E-state index is 0.422. The molecule has 0 atom stereocenters. The summed E-state index contributed by atoms with van der Waals surface area (Å²) >= 11 is 0. The minimum Gasteiger partial charge on any atom is -0.337 e. The number of hydrogen-bond acceptors (Lipinski definition) is 4. The normalized spacial score (nSPS) is 11.7. The zero-order chi connectivity index (χ0) is 15.6. The van der Waals surface area contributed by atoms with Crippen LogP contribution in [-0.4, -0.2) is 19.9 Å². The van der Waals surface area contributed by atoms with Gasteiger partial charge >= 0.3 is 0 Å². The second kappa shape index (κ2) is 5.35. The molecule has 1 N–H and O–H groups in total. The Morgan fingerprint density at radius 2 is 1.70 bits per heavy atom. The Morgan fingerprint density at radius 3 is 2.48 bits per heavy atom. The summed E-state index contributed by atoms with van der Waals surface area (Å²) in [6.07, 6.45) is 3.35. The number of fused-ring (bicyclic) bond motifs is 2. The molecule has 5 heteroatoms. The van der Waals surface area contributed by atoms with Crippen LogP contribution >= 0.6 is 0 Å². The van der Waals surface area contributed by atoms with Crippen molar-refractivity contribution in [1.29, 1.82) is 5.26 Å². The molecule has 108 valence electrons. The van der Waals surface area contributed by atoms with Crippen LogP contribution < -0.4 is 0 Å². The fraction of sp³-hybridized carbons (Fsp3) is 0. The molecule has 2 aromatic heterocycles. The summed E-state index contributed by atoms with van der Waals surface area (Å²) in [6.45, 7) is 0. The van der Waals surface area contributed by atoms with Crippen molar-refractivity contribution in [2.45, 2.75) is 0 Å². The Bertz CT molecular complexity index is 1050. The number of imidazole rings is 1. The second-order valence-electron chi connectivity index (χ2n) is 5.06. The van der Waals surface area contributed by atoms with Crippen LogP contribution in [0.25, 0.3) is 33.7 Å². The summed E-state index contributed by atoms with van der Waals surface area (Å²) in [6, 6.07) is 17.5. The number of nitriles is 1. The summed E-state index contributed by atoms with van der Waals surface area (Å²) < 4.78 is 0. The maximum Gasteiger partial charge on any atom is 0.149 e. The van der Waals surface area contributed by atoms with E-state index in [4.69, 9.17) is 0 Å². The quantitative estimate of drug-likeness (QED) is 0.574. The van der Waals surface area contributed by atoms with Crippen molar-refractivity contribution in [2.75, 3.05) is 0 Å². The van der Waals surface area contributed by atoms with Crippen molar-refractivity contribution < 1.29 is 0 Å². The number of aromatic nitrogens is 4. The molecule has 0 saturated heterocycles. The van der Waals surface area contributed by atoms with E-state index < -0.39 is 0 Å². The van der Waals surface area contributed by atoms with Crippen LogP contribution in [0, 0.1) is 11.3 Å². The number of H-pyrrole nitrogens is 1. The molecular weight excluding hydrogens is 286 g/mol. The van der Waals surface area contributed by atoms with Crippen LogP contribution in [0.3, 0.4) is 0 Å². The molecule has 0 aliphatic rings. The van der Waals surface area contributed by atoms with Crippen LogP contribution in [0.5, 0.6) is 0 Å². The van der Waals surface area contributed by atoms with Crippen LogP contribution in [-0.2, 0) is 0 Å². The van der Waals surface area contributed by atoms with Gasteiger partial charge in [0, 0.05) is 0 Å². The van der Waals surface area contributed by atoms with Gasteiger partial charge in [-0.3, -0.25) is 4.98 Å². The van der Waals surface area contributed by atoms with Crippen LogP contribution in [0.1, 0.15) is 11.5 Å². The van der Waals surface area contributed by atoms with E-state index in [2.05, 4.69) is 26.0 Å². The predicted octanol–water partition coefficient (Wildman–Crippen LogP) is 3.57. The molecule has 4 aromatic rings. The summed E-state index contributed by atoms with van der Waals surface area (Å²) in [7, 11) is 0. The fourth-order valence-corrected chi connectivity index (χ4v) is 2.42. The Kier molecular flexibility index (Phi) is 3.06. The van der Waals surface area contributed by atoms with Crippen molar-refractivity contribution in [1.82, 2.24) is 19.9 Å². The molecule has 0 amide bonds. The first-order chi connectivity index (χ1) is 11.3. The number of rotatable bonds is 2. The lowest BCUT2D eigenvalue weighted by Gasteiger charge is -1.98. The molecule has 0 spiro atoms. The maximum absolute atomic E-state index is 9.45. The van der Waals surface area contributed by atoms with Crippen molar-refractivity contribution in [2.24, 2.45) is 0 Å². The van der Waals surface area contributed by atoms with Gasteiger partial charge in [-0.05, 0) is 30.3 Å². The van der Waals surface area contributed by atoms with E-state index in [1.165, 1.54) is 0 Å². The standard InChI is InChI=1S/C18H11N5/c19-10-12(18-22-16-7-3-4-8-17(16)23-18)9-13-11-20-14-5-1-2-6-15(14)21-13/h1-9,11H,(H,22,23). The lowest BCUT2D eigenvalue weighted by Crippen LogP contribution is -1.90. The predicted molar refractivity (Wildman–Crippen MR) is 89.1 cm³/mol. The Morgan fingerprint density at radius 1 is 0.957 bits per heavy atom. The molecule has 0 unspecified atom stereocenters. The molecular formula is C18H11N5. The Labute approximate surface area is 132 Å². The van der Waals surface area contributed by atoms with E-state index in [0.29, 0.717) is 17.1 Å². The molecule has 4 rings (SSSR count). The number of benzene rings is 2. The molecule has 0 bridgehead atoms. The highest BCUT2D eigenvalue weighted by atomic mass is 14.9. The lowest BCUT2D eigenvalue weighted by molar-refractivity contribution is 1.25. The van der Waals surface area contributed by atoms with E-state index in [-0.39, 0.29) is 0 Å². The average molecular weight is 297 g/mol. The molecule has 2 heterocycles. The topological polar surface area (TPSA) is 78.2 Å². The summed E-state index contributed by atoms with van der Waals surface area (Å²) in [5.74, 6) is 0.531. The van der Waals surface area contributed by atoms with E-state index in [1.807, 2.05) is 48.5 Å². The largest absolute Gasteiger partial charge is 0.337 e. The summed E-state index contributed by atoms with van der Waals surface area (Å²) in [5, 5.41) is 9.45. The van der Waals surface area contributed by atoms with E-state index in [1.54, 1.807) is 12.3 Å². The highest BCUT2D eigenvalue weighted by molar-refractivity contribution is 5.90. The van der Waals surface area contributed by atoms with Gasteiger partial charge in [-0.2, -0.15) is 5.26 Å². The van der Waals surface area contributed by atoms with Gasteiger partial charge < -0.3 is 4.98 Å². The monoisotopic (exact) mass is 297 g/mol. The van der Waals surface area contributed by atoms with Gasteiger partial charge in [0.15, 0.2) is 0 Å². The van der Waals surface area contributed by atoms with Gasteiger partial charge in [0.05, 0.1) is 39.5 Å². The zero-order valence-electron chi connectivity index (χ0n) is 12.1. The van der Waals surface area contributed by atoms with E-state index >= 15 is 0 Å². The van der Waals surface area contributed by atoms with Crippen LogP contribution in [0.4, 0.5) is 0 Å². The molecule has 2 aromatic carbocycles. The third-order valence-corrected chi connectivity index (χ3v) is 3.52. The highest BCUT2D eigenvalue weighted by Gasteiger charge is 2.08. The van der Waals surface area contributed by atoms with Gasteiger partial charge in [0.25, 0.3) is 0 Å². The molecule has 0 saturated carbocycles. The number of hydrogen-bond donors (Lipinski definition) is 1. The number of aromatic amines is 1. The second-order valence-corrected chi connectivity index (χ2v) is 5.06. The van der Waals surface area contributed by atoms with Gasteiger partial charge in [-0.25, -0.2) is 9.97 Å². The third-order valence-electron chi connectivity index (χ3n) is 3.52. The lowest BCUT2D eigenvalue weighted by atomic mass is 10.2. The molecule has 5 nitrogen and oxygen atoms in total. The minimum atomic E-state index is 0.422. The van der Waals surface area contributed by atoms with Gasteiger partial charge in [-0.15, -0.1) is 0 Å². The average Bonchev–Trinajstić information content (AvgIpc) is 3.03. The number of nitrogens with zero attached hydrogens (tertiary/aromatic N) is 4. The first kappa shape index (κ1) is 13.2. The van der Waals surface area contributed by atoms with Crippen molar-refractivity contribution in [3.63, 3.8) is 0 Å². The SMILES string of the molecule is N#CC(=Cc1cnc2ccccc2n1)c1nc2ccccc2[nH]1. The summed E-state index contributed by atoms with van der Waals surface area (Å²) in [5.41, 5.74) is 4.39. The number of para-hydroxylation sites is 4. The van der Waals surface area contributed by atoms with Crippen molar-refractivity contribution >= 4 is 33.7 Å². The first-order valence-electron chi connectivity index (χ1n) is 7.12. The maximum atomic E-state index is 9.45. The Hall–Kier alpha value is -3.52. The molecule has 0 radical (unpaired) electrons. The van der Waals surface area contributed by atoms with Gasteiger partial charge in [0.1, 0.15) is 11.9 Å². The number of allylic oxidation sites excluding steroid dienone is 1. The van der Waals surface area contributed by atoms with Gasteiger partial charge in [0.2, 0.25) is 0 Å². The van der Waals surface area contributed by atoms with E-state index in [9.17, 15) is 5.26 Å². The smallest absolute Gasteiger partial charge is 0.149 e. The molecule has 0 aliphatic carbocycles. The summed E-state index contributed by atoms with van der Waals surface area (Å²) in [4.78, 5) is 16.5. The van der Waals surface area contributed by atoms with Crippen LogP contribution in [0.15, 0.2) is 54.7 Å². The van der Waals surface area contributed by atoms with E-state index in [0.717, 1.165) is 22.1 Å². The van der Waals surface area contributed by atoms with Crippen molar-refractivity contribution in [3.05, 3.63) is 66.2 Å². The van der Waals surface area contributed by atoms with Crippen molar-refractivity contribution in [3.8, 4) is 6.07 Å². The first-order valence-corrected chi connectivity index (χ1v) is 7.12. The molecule has 23 heavy (non-hydrogen) atoms. The fourth-order valence-electron chi connectivity index (χ4n) is 2.42. The number of nitrogens with one attached hydrogen (secondary N) is 1. The zero-order valence-corrected chi connectivity index (χ0v) is 12.1. The highest BCUT2D eigenvalue weighted by Crippen LogP contribution is 2.19. The molecule has 0 aliphatic heterocycles. The van der Waals surface area contributed by atoms with Crippen LogP contribution in [0.2, 0.25) is 0 Å². The molecule has 0 fully saturated rings. The van der Waals surface area contributed by atoms with Gasteiger partial charge in [-0.1, -0.05) is 24.3 Å². The Balaban J connectivity index is 1.81.